The number of ether oxygens (including phenoxy) is 1. The number of hydrogen-bond donors (Lipinski definition) is 1. The molecule has 2 amide bonds. The average molecular weight is 381 g/mol. The molecule has 1 aromatic carbocycles. The molecule has 1 aromatic heterocycles. The molecule has 0 bridgehead atoms. The maximum atomic E-state index is 12.6. The largest absolute Gasteiger partial charge is 0.481 e. The van der Waals surface area contributed by atoms with Crippen LogP contribution in [0.3, 0.4) is 0 Å². The van der Waals surface area contributed by atoms with Gasteiger partial charge in [0, 0.05) is 25.7 Å². The van der Waals surface area contributed by atoms with E-state index in [0.29, 0.717) is 11.7 Å². The van der Waals surface area contributed by atoms with Gasteiger partial charge in [-0.25, -0.2) is 14.8 Å². The van der Waals surface area contributed by atoms with Gasteiger partial charge in [-0.05, 0) is 43.3 Å². The molecule has 1 spiro atoms. The fourth-order valence-corrected chi connectivity index (χ4v) is 4.25. The van der Waals surface area contributed by atoms with E-state index in [-0.39, 0.29) is 11.4 Å². The molecular weight excluding hydrogens is 354 g/mol. The van der Waals surface area contributed by atoms with Gasteiger partial charge in [-0.3, -0.25) is 10.2 Å². The van der Waals surface area contributed by atoms with Gasteiger partial charge in [0.1, 0.15) is 12.1 Å². The number of benzene rings is 1. The molecule has 2 aromatic rings. The van der Waals surface area contributed by atoms with Crippen molar-refractivity contribution >= 4 is 11.8 Å². The van der Waals surface area contributed by atoms with Crippen molar-refractivity contribution in [3.63, 3.8) is 0 Å². The first-order valence-electron chi connectivity index (χ1n) is 9.84. The van der Waals surface area contributed by atoms with Crippen LogP contribution in [0.15, 0.2) is 42.7 Å². The number of amides is 2. The van der Waals surface area contributed by atoms with Gasteiger partial charge in [0.05, 0.1) is 7.11 Å². The summed E-state index contributed by atoms with van der Waals surface area (Å²) in [6, 6.07) is 12.2. The van der Waals surface area contributed by atoms with Gasteiger partial charge in [-0.1, -0.05) is 30.3 Å². The summed E-state index contributed by atoms with van der Waals surface area (Å²) >= 11 is 0. The quantitative estimate of drug-likeness (QED) is 0.882. The zero-order valence-corrected chi connectivity index (χ0v) is 16.3. The summed E-state index contributed by atoms with van der Waals surface area (Å²) in [5, 5.41) is 2.87. The maximum absolute atomic E-state index is 12.6. The molecule has 2 fully saturated rings. The van der Waals surface area contributed by atoms with E-state index >= 15 is 0 Å². The van der Waals surface area contributed by atoms with Crippen LogP contribution in [0, 0.1) is 5.41 Å². The van der Waals surface area contributed by atoms with Crippen molar-refractivity contribution < 1.29 is 9.53 Å². The predicted molar refractivity (Wildman–Crippen MR) is 107 cm³/mol. The van der Waals surface area contributed by atoms with E-state index in [0.717, 1.165) is 52.0 Å². The Morgan fingerprint density at radius 2 is 1.89 bits per heavy atom. The van der Waals surface area contributed by atoms with Crippen molar-refractivity contribution in [3.05, 3.63) is 48.3 Å². The summed E-state index contributed by atoms with van der Waals surface area (Å²) in [7, 11) is 1.54. The Morgan fingerprint density at radius 1 is 1.14 bits per heavy atom. The fourth-order valence-electron chi connectivity index (χ4n) is 4.25. The molecule has 0 radical (unpaired) electrons. The molecule has 2 aliphatic rings. The lowest BCUT2D eigenvalue weighted by Gasteiger charge is -2.39. The van der Waals surface area contributed by atoms with Crippen LogP contribution in [0.1, 0.15) is 24.8 Å². The van der Waals surface area contributed by atoms with Crippen LogP contribution in [0.2, 0.25) is 0 Å². The summed E-state index contributed by atoms with van der Waals surface area (Å²) in [6.45, 7) is 4.81. The minimum absolute atomic E-state index is 0.0932. The molecule has 0 aliphatic carbocycles. The SMILES string of the molecule is COc1cc(NC(=O)N2CCC3(CCN(Cc4ccccc4)CC3)C2)ncn1. The second-order valence-corrected chi connectivity index (χ2v) is 7.81. The van der Waals surface area contributed by atoms with Crippen molar-refractivity contribution in [1.82, 2.24) is 19.8 Å². The number of piperidine rings is 1. The molecule has 0 atom stereocenters. The number of anilines is 1. The molecule has 0 saturated carbocycles. The second kappa shape index (κ2) is 8.14. The Bertz CT molecular complexity index is 805. The van der Waals surface area contributed by atoms with Gasteiger partial charge in [-0.15, -0.1) is 0 Å². The third-order valence-electron chi connectivity index (χ3n) is 5.98. The summed E-state index contributed by atoms with van der Waals surface area (Å²) in [5.41, 5.74) is 1.62. The van der Waals surface area contributed by atoms with Crippen LogP contribution < -0.4 is 10.1 Å². The first kappa shape index (κ1) is 18.7. The van der Waals surface area contributed by atoms with Gasteiger partial charge >= 0.3 is 6.03 Å². The van der Waals surface area contributed by atoms with E-state index in [9.17, 15) is 4.79 Å². The van der Waals surface area contributed by atoms with Gasteiger partial charge in [0.15, 0.2) is 0 Å². The molecule has 7 nitrogen and oxygen atoms in total. The van der Waals surface area contributed by atoms with Crippen LogP contribution in [-0.4, -0.2) is 59.1 Å². The first-order chi connectivity index (χ1) is 13.7. The molecule has 1 N–H and O–H groups in total. The molecule has 0 unspecified atom stereocenters. The number of methoxy groups -OCH3 is 1. The highest BCUT2D eigenvalue weighted by molar-refractivity contribution is 5.88. The lowest BCUT2D eigenvalue weighted by atomic mass is 9.77. The molecule has 2 saturated heterocycles. The third-order valence-corrected chi connectivity index (χ3v) is 5.98. The van der Waals surface area contributed by atoms with Crippen molar-refractivity contribution in [2.75, 3.05) is 38.6 Å². The van der Waals surface area contributed by atoms with E-state index in [2.05, 4.69) is 50.5 Å². The van der Waals surface area contributed by atoms with Gasteiger partial charge in [-0.2, -0.15) is 0 Å². The summed E-state index contributed by atoms with van der Waals surface area (Å²) in [6.07, 6.45) is 4.75. The Morgan fingerprint density at radius 3 is 2.64 bits per heavy atom. The highest BCUT2D eigenvalue weighted by Gasteiger charge is 2.42. The molecule has 4 rings (SSSR count). The molecule has 3 heterocycles. The minimum atomic E-state index is -0.0932. The van der Waals surface area contributed by atoms with Crippen LogP contribution >= 0.6 is 0 Å². The molecule has 2 aliphatic heterocycles. The molecule has 28 heavy (non-hydrogen) atoms. The number of nitrogens with one attached hydrogen (secondary N) is 1. The zero-order valence-electron chi connectivity index (χ0n) is 16.3. The Labute approximate surface area is 165 Å². The number of hydrogen-bond acceptors (Lipinski definition) is 5. The normalized spacial score (nSPS) is 19.0. The number of rotatable bonds is 4. The van der Waals surface area contributed by atoms with E-state index in [1.165, 1.54) is 11.9 Å². The monoisotopic (exact) mass is 381 g/mol. The van der Waals surface area contributed by atoms with Crippen LogP contribution in [0.4, 0.5) is 10.6 Å². The van der Waals surface area contributed by atoms with Gasteiger partial charge in [0.2, 0.25) is 5.88 Å². The molecule has 7 heteroatoms. The third kappa shape index (κ3) is 4.25. The number of aromatic nitrogens is 2. The number of urea groups is 1. The van der Waals surface area contributed by atoms with E-state index in [1.807, 2.05) is 4.90 Å². The highest BCUT2D eigenvalue weighted by Crippen LogP contribution is 2.40. The Balaban J connectivity index is 1.29. The second-order valence-electron chi connectivity index (χ2n) is 7.81. The van der Waals surface area contributed by atoms with E-state index in [4.69, 9.17) is 4.74 Å². The fraction of sp³-hybridized carbons (Fsp3) is 0.476. The summed E-state index contributed by atoms with van der Waals surface area (Å²) in [4.78, 5) is 25.2. The number of likely N-dealkylation sites (tertiary alicyclic amines) is 2. The lowest BCUT2D eigenvalue weighted by Crippen LogP contribution is -2.42. The number of carbonyl (C=O) groups is 1. The lowest BCUT2D eigenvalue weighted by molar-refractivity contribution is 0.106. The van der Waals surface area contributed by atoms with Gasteiger partial charge < -0.3 is 9.64 Å². The minimum Gasteiger partial charge on any atom is -0.481 e. The molecule has 148 valence electrons. The topological polar surface area (TPSA) is 70.6 Å². The van der Waals surface area contributed by atoms with Crippen LogP contribution in [0.25, 0.3) is 0 Å². The van der Waals surface area contributed by atoms with E-state index < -0.39 is 0 Å². The Kier molecular flexibility index (Phi) is 5.43. The predicted octanol–water partition coefficient (Wildman–Crippen LogP) is 3.01. The zero-order chi connectivity index (χ0) is 19.4. The maximum Gasteiger partial charge on any atom is 0.323 e. The Hall–Kier alpha value is -2.67. The average Bonchev–Trinajstić information content (AvgIpc) is 3.15. The number of carbonyl (C=O) groups excluding carboxylic acids is 1. The standard InChI is InChI=1S/C21H27N5O2/c1-28-19-13-18(22-16-23-19)24-20(27)26-12-9-21(15-26)7-10-25(11-8-21)14-17-5-3-2-4-6-17/h2-6,13,16H,7-12,14-15H2,1H3,(H,22,23,24,27). The van der Waals surface area contributed by atoms with Crippen molar-refractivity contribution in [1.29, 1.82) is 0 Å². The van der Waals surface area contributed by atoms with Crippen LogP contribution in [-0.2, 0) is 6.54 Å². The van der Waals surface area contributed by atoms with E-state index in [1.54, 1.807) is 13.2 Å². The van der Waals surface area contributed by atoms with Gasteiger partial charge in [0.25, 0.3) is 0 Å². The van der Waals surface area contributed by atoms with Crippen LogP contribution in [0.5, 0.6) is 5.88 Å². The van der Waals surface area contributed by atoms with Crippen molar-refractivity contribution in [2.45, 2.75) is 25.8 Å². The van der Waals surface area contributed by atoms with Crippen molar-refractivity contribution in [3.8, 4) is 5.88 Å². The van der Waals surface area contributed by atoms with Crippen molar-refractivity contribution in [2.24, 2.45) is 5.41 Å². The first-order valence-corrected chi connectivity index (χ1v) is 9.84. The summed E-state index contributed by atoms with van der Waals surface area (Å²) in [5.74, 6) is 0.907. The summed E-state index contributed by atoms with van der Waals surface area (Å²) < 4.78 is 5.08. The smallest absolute Gasteiger partial charge is 0.323 e. The number of nitrogens with zero attached hydrogens (tertiary/aromatic N) is 4. The molecular formula is C21H27N5O2. The highest BCUT2D eigenvalue weighted by atomic mass is 16.5.